The number of halogens is 1. The zero-order chi connectivity index (χ0) is 18.8. The molecule has 1 aliphatic carbocycles. The summed E-state index contributed by atoms with van der Waals surface area (Å²) >= 11 is 6.03. The molecule has 26 heavy (non-hydrogen) atoms. The summed E-state index contributed by atoms with van der Waals surface area (Å²) in [7, 11) is -3.93. The predicted octanol–water partition coefficient (Wildman–Crippen LogP) is 1.36. The molecule has 10 heteroatoms. The monoisotopic (exact) mass is 401 g/mol. The number of aromatic nitrogens is 2. The molecule has 1 aromatic heterocycles. The standard InChI is InChI=1S/C16H20ClN3O5S/c1-2-7-26(22,23)25-15(21)9-16(3-4-16)12-8-14(19-11-18-12)20-5-6-24-13(17)10-20/h2,8,11,13H,1,3-7,9-10H2. The number of carbonyl (C=O) groups excluding carboxylic acids is 1. The molecule has 1 aromatic rings. The Labute approximate surface area is 157 Å². The number of hydrogen-bond donors (Lipinski definition) is 0. The predicted molar refractivity (Wildman–Crippen MR) is 95.4 cm³/mol. The topological polar surface area (TPSA) is 98.7 Å². The number of ether oxygens (including phenoxy) is 1. The Morgan fingerprint density at radius 1 is 1.50 bits per heavy atom. The largest absolute Gasteiger partial charge is 0.359 e. The highest BCUT2D eigenvalue weighted by atomic mass is 35.5. The van der Waals surface area contributed by atoms with Crippen molar-refractivity contribution in [3.05, 3.63) is 30.7 Å². The van der Waals surface area contributed by atoms with Crippen LogP contribution >= 0.6 is 11.6 Å². The van der Waals surface area contributed by atoms with Crippen LogP contribution in [0.2, 0.25) is 0 Å². The zero-order valence-electron chi connectivity index (χ0n) is 14.1. The van der Waals surface area contributed by atoms with Gasteiger partial charge < -0.3 is 13.8 Å². The number of alkyl halides is 1. The lowest BCUT2D eigenvalue weighted by molar-refractivity contribution is -0.134. The highest BCUT2D eigenvalue weighted by molar-refractivity contribution is 7.87. The first-order valence-electron chi connectivity index (χ1n) is 8.23. The van der Waals surface area contributed by atoms with Crippen molar-refractivity contribution >= 4 is 33.5 Å². The molecule has 1 atom stereocenters. The fourth-order valence-corrected chi connectivity index (χ4v) is 3.88. The van der Waals surface area contributed by atoms with Gasteiger partial charge in [0.1, 0.15) is 23.5 Å². The van der Waals surface area contributed by atoms with Crippen molar-refractivity contribution in [2.45, 2.75) is 30.2 Å². The van der Waals surface area contributed by atoms with E-state index in [-0.39, 0.29) is 6.42 Å². The SMILES string of the molecule is C=CCS(=O)(=O)OC(=O)CC1(c2cc(N3CCOC(Cl)C3)ncn2)CC1. The molecule has 0 bridgehead atoms. The minimum atomic E-state index is -3.93. The van der Waals surface area contributed by atoms with E-state index in [1.807, 2.05) is 11.0 Å². The van der Waals surface area contributed by atoms with Gasteiger partial charge in [-0.2, -0.15) is 8.42 Å². The van der Waals surface area contributed by atoms with Crippen LogP contribution in [0, 0.1) is 0 Å². The van der Waals surface area contributed by atoms with Crippen LogP contribution in [0.3, 0.4) is 0 Å². The first kappa shape index (κ1) is 19.1. The zero-order valence-corrected chi connectivity index (χ0v) is 15.7. The lowest BCUT2D eigenvalue weighted by atomic mass is 9.98. The van der Waals surface area contributed by atoms with Crippen molar-refractivity contribution in [1.82, 2.24) is 9.97 Å². The van der Waals surface area contributed by atoms with Crippen molar-refractivity contribution < 1.29 is 22.1 Å². The van der Waals surface area contributed by atoms with E-state index in [0.29, 0.717) is 31.2 Å². The molecule has 2 aliphatic rings. The van der Waals surface area contributed by atoms with Gasteiger partial charge in [-0.05, 0) is 12.8 Å². The Bertz CT molecular complexity index is 797. The maximum atomic E-state index is 12.1. The Kier molecular flexibility index (Phi) is 5.50. The van der Waals surface area contributed by atoms with E-state index < -0.39 is 32.8 Å². The second kappa shape index (κ2) is 7.50. The van der Waals surface area contributed by atoms with E-state index in [0.717, 1.165) is 12.8 Å². The maximum Gasteiger partial charge on any atom is 0.323 e. The average molecular weight is 402 g/mol. The average Bonchev–Trinajstić information content (AvgIpc) is 3.35. The van der Waals surface area contributed by atoms with Crippen LogP contribution < -0.4 is 4.90 Å². The molecular formula is C16H20ClN3O5S. The Morgan fingerprint density at radius 3 is 2.92 bits per heavy atom. The molecule has 142 valence electrons. The van der Waals surface area contributed by atoms with Crippen molar-refractivity contribution in [3.8, 4) is 0 Å². The van der Waals surface area contributed by atoms with Gasteiger partial charge in [0.25, 0.3) is 0 Å². The fraction of sp³-hybridized carbons (Fsp3) is 0.562. The summed E-state index contributed by atoms with van der Waals surface area (Å²) in [5.74, 6) is -0.473. The van der Waals surface area contributed by atoms with Gasteiger partial charge >= 0.3 is 16.1 Å². The highest BCUT2D eigenvalue weighted by Gasteiger charge is 2.48. The van der Waals surface area contributed by atoms with Gasteiger partial charge in [-0.25, -0.2) is 9.97 Å². The normalized spacial score (nSPS) is 21.9. The molecule has 2 fully saturated rings. The van der Waals surface area contributed by atoms with Crippen molar-refractivity contribution in [2.24, 2.45) is 0 Å². The van der Waals surface area contributed by atoms with E-state index >= 15 is 0 Å². The minimum Gasteiger partial charge on any atom is -0.359 e. The van der Waals surface area contributed by atoms with Crippen LogP contribution in [0.4, 0.5) is 5.82 Å². The number of rotatable bonds is 7. The van der Waals surface area contributed by atoms with E-state index in [2.05, 4.69) is 20.7 Å². The maximum absolute atomic E-state index is 12.1. The minimum absolute atomic E-state index is 0.0406. The molecule has 1 aliphatic heterocycles. The fourth-order valence-electron chi connectivity index (χ4n) is 2.93. The van der Waals surface area contributed by atoms with Crippen LogP contribution in [0.5, 0.6) is 0 Å². The van der Waals surface area contributed by atoms with E-state index in [1.54, 1.807) is 0 Å². The van der Waals surface area contributed by atoms with Crippen LogP contribution in [-0.4, -0.2) is 55.4 Å². The summed E-state index contributed by atoms with van der Waals surface area (Å²) in [5, 5.41) is 0. The van der Waals surface area contributed by atoms with Gasteiger partial charge in [0.15, 0.2) is 0 Å². The van der Waals surface area contributed by atoms with Crippen LogP contribution in [0.25, 0.3) is 0 Å². The molecule has 2 heterocycles. The quantitative estimate of drug-likeness (QED) is 0.383. The molecular weight excluding hydrogens is 382 g/mol. The first-order chi connectivity index (χ1) is 12.3. The molecule has 8 nitrogen and oxygen atoms in total. The van der Waals surface area contributed by atoms with Crippen LogP contribution in [0.15, 0.2) is 25.0 Å². The summed E-state index contributed by atoms with van der Waals surface area (Å²) in [4.78, 5) is 22.6. The van der Waals surface area contributed by atoms with Gasteiger partial charge in [0, 0.05) is 18.0 Å². The third kappa shape index (κ3) is 4.52. The molecule has 0 amide bonds. The molecule has 3 rings (SSSR count). The van der Waals surface area contributed by atoms with Crippen molar-refractivity contribution in [2.75, 3.05) is 30.3 Å². The summed E-state index contributed by atoms with van der Waals surface area (Å²) in [6.07, 6.45) is 4.06. The molecule has 0 N–H and O–H groups in total. The van der Waals surface area contributed by atoms with Gasteiger partial charge in [-0.15, -0.1) is 6.58 Å². The van der Waals surface area contributed by atoms with E-state index in [4.69, 9.17) is 16.3 Å². The van der Waals surface area contributed by atoms with Crippen LogP contribution in [0.1, 0.15) is 25.0 Å². The summed E-state index contributed by atoms with van der Waals surface area (Å²) in [6.45, 7) is 5.01. The Hall–Kier alpha value is -1.71. The van der Waals surface area contributed by atoms with Crippen molar-refractivity contribution in [1.29, 1.82) is 0 Å². The second-order valence-electron chi connectivity index (χ2n) is 6.41. The Morgan fingerprint density at radius 2 is 2.27 bits per heavy atom. The van der Waals surface area contributed by atoms with Gasteiger partial charge in [-0.1, -0.05) is 17.7 Å². The summed E-state index contributed by atoms with van der Waals surface area (Å²) in [5.41, 5.74) is -0.189. The molecule has 1 unspecified atom stereocenters. The molecule has 0 radical (unpaired) electrons. The molecule has 0 aromatic carbocycles. The molecule has 0 spiro atoms. The lowest BCUT2D eigenvalue weighted by Gasteiger charge is -2.31. The number of nitrogens with zero attached hydrogens (tertiary/aromatic N) is 3. The summed E-state index contributed by atoms with van der Waals surface area (Å²) < 4.78 is 33.1. The summed E-state index contributed by atoms with van der Waals surface area (Å²) in [6, 6.07) is 1.83. The number of carbonyl (C=O) groups is 1. The van der Waals surface area contributed by atoms with E-state index in [9.17, 15) is 13.2 Å². The van der Waals surface area contributed by atoms with E-state index in [1.165, 1.54) is 12.4 Å². The number of morpholine rings is 1. The smallest absolute Gasteiger partial charge is 0.323 e. The number of hydrogen-bond acceptors (Lipinski definition) is 8. The highest BCUT2D eigenvalue weighted by Crippen LogP contribution is 2.50. The molecule has 1 saturated heterocycles. The molecule has 1 saturated carbocycles. The van der Waals surface area contributed by atoms with Crippen LogP contribution in [-0.2, 0) is 29.2 Å². The van der Waals surface area contributed by atoms with Gasteiger partial charge in [0.2, 0.25) is 0 Å². The van der Waals surface area contributed by atoms with Gasteiger partial charge in [0.05, 0.1) is 25.3 Å². The first-order valence-corrected chi connectivity index (χ1v) is 10.2. The third-order valence-corrected chi connectivity index (χ3v) is 5.77. The van der Waals surface area contributed by atoms with Crippen molar-refractivity contribution in [3.63, 3.8) is 0 Å². The Balaban J connectivity index is 1.71. The number of anilines is 1. The third-order valence-electron chi connectivity index (χ3n) is 4.42. The lowest BCUT2D eigenvalue weighted by Crippen LogP contribution is -2.40. The van der Waals surface area contributed by atoms with Gasteiger partial charge in [-0.3, -0.25) is 4.79 Å². The second-order valence-corrected chi connectivity index (χ2v) is 8.52.